The van der Waals surface area contributed by atoms with E-state index in [2.05, 4.69) is 15.5 Å². The van der Waals surface area contributed by atoms with Crippen LogP contribution in [0.1, 0.15) is 28.8 Å². The molecule has 1 aromatic rings. The van der Waals surface area contributed by atoms with Crippen LogP contribution in [0, 0.1) is 5.41 Å². The Balaban J connectivity index is 1.17. The average molecular weight is 445 g/mol. The van der Waals surface area contributed by atoms with Crippen LogP contribution in [0.15, 0.2) is 12.1 Å². The molecule has 1 aliphatic carbocycles. The Morgan fingerprint density at radius 3 is 2.91 bits per heavy atom. The number of benzene rings is 1. The average Bonchev–Trinajstić information content (AvgIpc) is 3.24. The van der Waals surface area contributed by atoms with E-state index in [1.54, 1.807) is 6.07 Å². The second-order valence-corrected chi connectivity index (χ2v) is 9.27. The number of nitrogens with zero attached hydrogens (tertiary/aromatic N) is 1. The quantitative estimate of drug-likeness (QED) is 0.338. The van der Waals surface area contributed by atoms with Gasteiger partial charge in [-0.15, -0.1) is 0 Å². The molecular formula is C21H28BN3O7. The van der Waals surface area contributed by atoms with Crippen LogP contribution in [0.2, 0.25) is 6.32 Å². The number of aliphatic hydroxyl groups excluding tert-OH is 1. The lowest BCUT2D eigenvalue weighted by molar-refractivity contribution is -0.123. The van der Waals surface area contributed by atoms with E-state index in [1.807, 2.05) is 6.07 Å². The highest BCUT2D eigenvalue weighted by Crippen LogP contribution is 2.56. The van der Waals surface area contributed by atoms with Gasteiger partial charge in [-0.2, -0.15) is 0 Å². The Morgan fingerprint density at radius 2 is 2.16 bits per heavy atom. The number of hydrogen-bond donors (Lipinski definition) is 5. The topological polar surface area (TPSA) is 141 Å². The van der Waals surface area contributed by atoms with Crippen LogP contribution in [0.4, 0.5) is 0 Å². The van der Waals surface area contributed by atoms with Gasteiger partial charge >= 0.3 is 13.1 Å². The van der Waals surface area contributed by atoms with Gasteiger partial charge in [-0.05, 0) is 37.2 Å². The number of fused-ring (bicyclic) bond motifs is 1. The summed E-state index contributed by atoms with van der Waals surface area (Å²) in [6.45, 7) is 2.40. The van der Waals surface area contributed by atoms with Gasteiger partial charge < -0.3 is 35.3 Å². The lowest BCUT2D eigenvalue weighted by Crippen LogP contribution is -2.55. The second-order valence-electron chi connectivity index (χ2n) is 9.27. The van der Waals surface area contributed by atoms with Gasteiger partial charge in [0, 0.05) is 37.6 Å². The number of carbonyl (C=O) groups is 2. The first-order valence-electron chi connectivity index (χ1n) is 11.2. The highest BCUT2D eigenvalue weighted by molar-refractivity contribution is 6.44. The Kier molecular flexibility index (Phi) is 5.52. The van der Waals surface area contributed by atoms with Crippen molar-refractivity contribution in [3.8, 4) is 11.5 Å². The van der Waals surface area contributed by atoms with Crippen LogP contribution in [-0.2, 0) is 11.2 Å². The number of nitrogens with one attached hydrogen (secondary N) is 2. The molecular weight excluding hydrogens is 417 g/mol. The molecule has 0 bridgehead atoms. The largest absolute Gasteiger partial charge is 0.535 e. The van der Waals surface area contributed by atoms with Gasteiger partial charge in [0.05, 0.1) is 12.6 Å². The molecule has 1 unspecified atom stereocenters. The maximum Gasteiger partial charge on any atom is 0.522 e. The van der Waals surface area contributed by atoms with E-state index in [0.717, 1.165) is 24.9 Å². The zero-order valence-electron chi connectivity index (χ0n) is 17.7. The third kappa shape index (κ3) is 3.83. The first-order valence-corrected chi connectivity index (χ1v) is 11.2. The molecule has 172 valence electrons. The van der Waals surface area contributed by atoms with Crippen LogP contribution in [0.5, 0.6) is 11.5 Å². The normalized spacial score (nSPS) is 29.2. The van der Waals surface area contributed by atoms with Gasteiger partial charge in [0.1, 0.15) is 23.2 Å². The number of carboxylic acids is 1. The second kappa shape index (κ2) is 8.22. The number of likely N-dealkylation sites (tertiary alicyclic amines) is 1. The molecule has 3 atom stereocenters. The van der Waals surface area contributed by atoms with Crippen molar-refractivity contribution in [2.45, 2.75) is 43.8 Å². The maximum absolute atomic E-state index is 12.2. The molecule has 11 heteroatoms. The minimum atomic E-state index is -1.13. The van der Waals surface area contributed by atoms with Gasteiger partial charge in [0.15, 0.2) is 0 Å². The summed E-state index contributed by atoms with van der Waals surface area (Å²) in [5.74, 6) is -0.726. The van der Waals surface area contributed by atoms with Crippen LogP contribution in [0.25, 0.3) is 0 Å². The van der Waals surface area contributed by atoms with Gasteiger partial charge in [-0.3, -0.25) is 9.69 Å². The summed E-state index contributed by atoms with van der Waals surface area (Å²) in [4.78, 5) is 26.4. The molecule has 0 radical (unpaired) electrons. The van der Waals surface area contributed by atoms with Crippen LogP contribution in [0.3, 0.4) is 0 Å². The summed E-state index contributed by atoms with van der Waals surface area (Å²) < 4.78 is 11.4. The van der Waals surface area contributed by atoms with E-state index in [0.29, 0.717) is 31.9 Å². The van der Waals surface area contributed by atoms with Crippen LogP contribution >= 0.6 is 0 Å². The molecule has 1 saturated carbocycles. The third-order valence-electron chi connectivity index (χ3n) is 7.13. The zero-order valence-corrected chi connectivity index (χ0v) is 17.7. The number of carbonyl (C=O) groups excluding carboxylic acids is 1. The van der Waals surface area contributed by atoms with Gasteiger partial charge in [0.25, 0.3) is 0 Å². The molecule has 5 rings (SSSR count). The number of amides is 1. The molecule has 0 aromatic heterocycles. The number of aryl methyl sites for hydroxylation is 1. The molecule has 4 aliphatic rings. The number of hydrogen-bond acceptors (Lipinski definition) is 8. The first kappa shape index (κ1) is 21.5. The van der Waals surface area contributed by atoms with E-state index in [1.165, 1.54) is 0 Å². The summed E-state index contributed by atoms with van der Waals surface area (Å²) in [5.41, 5.74) is 0.842. The van der Waals surface area contributed by atoms with Gasteiger partial charge in [0.2, 0.25) is 5.91 Å². The fourth-order valence-electron chi connectivity index (χ4n) is 5.31. The fraction of sp³-hybridized carbons (Fsp3) is 0.619. The number of rotatable bonds is 7. The highest BCUT2D eigenvalue weighted by Gasteiger charge is 2.62. The molecule has 10 nitrogen and oxygen atoms in total. The molecule has 1 amide bonds. The number of ether oxygens (including phenoxy) is 1. The summed E-state index contributed by atoms with van der Waals surface area (Å²) in [6.07, 6.45) is 2.69. The van der Waals surface area contributed by atoms with Crippen LogP contribution in [-0.4, -0.2) is 90.1 Å². The zero-order chi connectivity index (χ0) is 22.5. The SMILES string of the molecule is O=C(O)c1c(OC2CN(C3C[C@@]34CN[C@H](C(=O)NCCO)C4)C2)ccc2c1OB(O)CC2. The Labute approximate surface area is 186 Å². The third-order valence-corrected chi connectivity index (χ3v) is 7.13. The highest BCUT2D eigenvalue weighted by atomic mass is 16.5. The predicted octanol–water partition coefficient (Wildman–Crippen LogP) is -0.908. The molecule has 3 fully saturated rings. The molecule has 5 N–H and O–H groups in total. The van der Waals surface area contributed by atoms with Crippen molar-refractivity contribution in [1.82, 2.24) is 15.5 Å². The lowest BCUT2D eigenvalue weighted by Gasteiger charge is -2.40. The predicted molar refractivity (Wildman–Crippen MR) is 114 cm³/mol. The van der Waals surface area contributed by atoms with E-state index >= 15 is 0 Å². The summed E-state index contributed by atoms with van der Waals surface area (Å²) >= 11 is 0. The van der Waals surface area contributed by atoms with Crippen LogP contribution < -0.4 is 20.0 Å². The van der Waals surface area contributed by atoms with E-state index in [-0.39, 0.29) is 53.7 Å². The molecule has 3 aliphatic heterocycles. The van der Waals surface area contributed by atoms with E-state index < -0.39 is 13.1 Å². The lowest BCUT2D eigenvalue weighted by atomic mass is 9.78. The number of aromatic carboxylic acids is 1. The monoisotopic (exact) mass is 445 g/mol. The van der Waals surface area contributed by atoms with Gasteiger partial charge in [-0.1, -0.05) is 6.07 Å². The Hall–Kier alpha value is -2.34. The molecule has 2 saturated heterocycles. The van der Waals surface area contributed by atoms with Crippen molar-refractivity contribution < 1.29 is 34.2 Å². The van der Waals surface area contributed by atoms with E-state index in [4.69, 9.17) is 14.5 Å². The van der Waals surface area contributed by atoms with Crippen molar-refractivity contribution >= 4 is 19.0 Å². The first-order chi connectivity index (χ1) is 15.4. The Bertz CT molecular complexity index is 925. The number of carboxylic acid groups (broad SMARTS) is 1. The minimum Gasteiger partial charge on any atom is -0.535 e. The van der Waals surface area contributed by atoms with E-state index in [9.17, 15) is 19.7 Å². The minimum absolute atomic E-state index is 0.0284. The molecule has 32 heavy (non-hydrogen) atoms. The summed E-state index contributed by atoms with van der Waals surface area (Å²) in [6, 6.07) is 3.66. The standard InChI is InChI=1S/C21H28BN3O7/c26-6-5-23-19(27)14-7-21(11-24-14)8-16(21)25-9-13(10-25)31-15-2-1-12-3-4-22(30)32-18(12)17(15)20(28)29/h1-2,13-14,16,24,26,30H,3-11H2,(H,23,27)(H,28,29)/t14-,16?,21-/m0/s1. The summed E-state index contributed by atoms with van der Waals surface area (Å²) in [7, 11) is -1.00. The molecule has 1 spiro atoms. The molecule has 1 aromatic carbocycles. The maximum atomic E-state index is 12.2. The smallest absolute Gasteiger partial charge is 0.522 e. The van der Waals surface area contributed by atoms with Crippen molar-refractivity contribution in [2.75, 3.05) is 32.8 Å². The molecule has 3 heterocycles. The Morgan fingerprint density at radius 1 is 1.34 bits per heavy atom. The van der Waals surface area contributed by atoms with Crippen molar-refractivity contribution in [2.24, 2.45) is 5.41 Å². The van der Waals surface area contributed by atoms with Gasteiger partial charge in [-0.25, -0.2) is 4.79 Å². The van der Waals surface area contributed by atoms with Crippen molar-refractivity contribution in [3.63, 3.8) is 0 Å². The van der Waals surface area contributed by atoms with Crippen molar-refractivity contribution in [3.05, 3.63) is 23.3 Å². The number of aliphatic hydroxyl groups is 1. The van der Waals surface area contributed by atoms with Crippen molar-refractivity contribution in [1.29, 1.82) is 0 Å². The fourth-order valence-corrected chi connectivity index (χ4v) is 5.31. The summed E-state index contributed by atoms with van der Waals surface area (Å²) in [5, 5.41) is 34.4.